The van der Waals surface area contributed by atoms with Crippen LogP contribution in [0.15, 0.2) is 49.1 Å². The van der Waals surface area contributed by atoms with Gasteiger partial charge in [-0.2, -0.15) is 0 Å². The molecule has 2 saturated carbocycles. The molecule has 0 atom stereocenters. The SMILES string of the molecule is C=CCOc1ccc(NC(=O)C2(C3(C(=O)N4CCCCC4)CC3)CC2)c2ccccc12. The first-order valence-corrected chi connectivity index (χ1v) is 11.5. The minimum absolute atomic E-state index is 0.000252. The highest BCUT2D eigenvalue weighted by Crippen LogP contribution is 2.71. The predicted molar refractivity (Wildman–Crippen MR) is 122 cm³/mol. The van der Waals surface area contributed by atoms with Gasteiger partial charge in [0.05, 0.1) is 10.8 Å². The van der Waals surface area contributed by atoms with Crippen LogP contribution >= 0.6 is 0 Å². The van der Waals surface area contributed by atoms with Crippen LogP contribution in [0.25, 0.3) is 10.8 Å². The molecule has 2 aliphatic carbocycles. The third-order valence-corrected chi connectivity index (χ3v) is 7.39. The summed E-state index contributed by atoms with van der Waals surface area (Å²) >= 11 is 0. The van der Waals surface area contributed by atoms with Gasteiger partial charge in [-0.25, -0.2) is 0 Å². The summed E-state index contributed by atoms with van der Waals surface area (Å²) in [7, 11) is 0. The molecule has 1 heterocycles. The van der Waals surface area contributed by atoms with E-state index in [9.17, 15) is 9.59 Å². The molecule has 0 unspecified atom stereocenters. The first-order valence-electron chi connectivity index (χ1n) is 11.5. The fourth-order valence-corrected chi connectivity index (χ4v) is 5.37. The average Bonchev–Trinajstić information content (AvgIpc) is 3.72. The summed E-state index contributed by atoms with van der Waals surface area (Å²) in [5.74, 6) is 0.992. The molecule has 1 saturated heterocycles. The Morgan fingerprint density at radius 1 is 0.968 bits per heavy atom. The molecule has 0 aromatic heterocycles. The molecule has 3 aliphatic rings. The van der Waals surface area contributed by atoms with Crippen LogP contribution in [0.5, 0.6) is 5.75 Å². The summed E-state index contributed by atoms with van der Waals surface area (Å²) in [6.07, 6.45) is 8.35. The minimum atomic E-state index is -0.541. The van der Waals surface area contributed by atoms with Gasteiger partial charge in [0.1, 0.15) is 12.4 Å². The highest BCUT2D eigenvalue weighted by molar-refractivity contribution is 6.09. The van der Waals surface area contributed by atoms with Crippen molar-refractivity contribution in [1.82, 2.24) is 4.90 Å². The number of hydrogen-bond acceptors (Lipinski definition) is 3. The van der Waals surface area contributed by atoms with E-state index in [4.69, 9.17) is 4.74 Å². The monoisotopic (exact) mass is 418 g/mol. The Kier molecular flexibility index (Phi) is 4.99. The summed E-state index contributed by atoms with van der Waals surface area (Å²) < 4.78 is 5.79. The molecule has 1 N–H and O–H groups in total. The smallest absolute Gasteiger partial charge is 0.231 e. The van der Waals surface area contributed by atoms with Crippen molar-refractivity contribution in [1.29, 1.82) is 0 Å². The number of carbonyl (C=O) groups excluding carboxylic acids is 2. The number of ether oxygens (including phenoxy) is 1. The molecule has 2 aromatic rings. The lowest BCUT2D eigenvalue weighted by molar-refractivity contribution is -0.144. The summed E-state index contributed by atoms with van der Waals surface area (Å²) in [6.45, 7) is 5.83. The fraction of sp³-hybridized carbons (Fsp3) is 0.462. The number of likely N-dealkylation sites (tertiary alicyclic amines) is 1. The van der Waals surface area contributed by atoms with Gasteiger partial charge in [0.2, 0.25) is 11.8 Å². The second-order valence-electron chi connectivity index (χ2n) is 9.23. The van der Waals surface area contributed by atoms with Gasteiger partial charge in [0.15, 0.2) is 0 Å². The van der Waals surface area contributed by atoms with Crippen molar-refractivity contribution in [3.05, 3.63) is 49.1 Å². The quantitative estimate of drug-likeness (QED) is 0.650. The van der Waals surface area contributed by atoms with Gasteiger partial charge in [-0.15, -0.1) is 0 Å². The number of anilines is 1. The van der Waals surface area contributed by atoms with Crippen LogP contribution in [0.1, 0.15) is 44.9 Å². The molecule has 162 valence electrons. The van der Waals surface area contributed by atoms with Crippen LogP contribution in [-0.4, -0.2) is 36.4 Å². The normalized spacial score (nSPS) is 20.7. The van der Waals surface area contributed by atoms with E-state index in [1.54, 1.807) is 6.08 Å². The Hall–Kier alpha value is -2.82. The van der Waals surface area contributed by atoms with E-state index >= 15 is 0 Å². The fourth-order valence-electron chi connectivity index (χ4n) is 5.37. The van der Waals surface area contributed by atoms with Crippen LogP contribution < -0.4 is 10.1 Å². The number of nitrogens with zero attached hydrogens (tertiary/aromatic N) is 1. The Morgan fingerprint density at radius 3 is 2.29 bits per heavy atom. The maximum Gasteiger partial charge on any atom is 0.231 e. The molecule has 3 fully saturated rings. The zero-order chi connectivity index (χ0) is 21.5. The standard InChI is InChI=1S/C26H30N2O3/c1-2-18-31-22-11-10-21(19-8-4-5-9-20(19)22)27-23(29)25(12-13-25)26(14-15-26)24(30)28-16-6-3-7-17-28/h2,4-5,8-11H,1,3,6-7,12-18H2,(H,27,29). The Morgan fingerprint density at radius 2 is 1.65 bits per heavy atom. The lowest BCUT2D eigenvalue weighted by atomic mass is 9.82. The molecule has 0 spiro atoms. The second kappa shape index (κ2) is 7.70. The van der Waals surface area contributed by atoms with Crippen molar-refractivity contribution in [3.63, 3.8) is 0 Å². The number of amides is 2. The molecule has 5 nitrogen and oxygen atoms in total. The van der Waals surface area contributed by atoms with Crippen molar-refractivity contribution < 1.29 is 14.3 Å². The number of rotatable bonds is 7. The van der Waals surface area contributed by atoms with E-state index in [0.29, 0.717) is 6.61 Å². The Labute approximate surface area is 183 Å². The van der Waals surface area contributed by atoms with E-state index in [-0.39, 0.29) is 11.8 Å². The molecule has 2 aromatic carbocycles. The average molecular weight is 419 g/mol. The summed E-state index contributed by atoms with van der Waals surface area (Å²) in [4.78, 5) is 29.0. The largest absolute Gasteiger partial charge is 0.489 e. The minimum Gasteiger partial charge on any atom is -0.489 e. The molecular formula is C26H30N2O3. The summed E-state index contributed by atoms with van der Waals surface area (Å²) in [5.41, 5.74) is -0.239. The van der Waals surface area contributed by atoms with Crippen molar-refractivity contribution in [2.75, 3.05) is 25.0 Å². The van der Waals surface area contributed by atoms with Crippen LogP contribution in [0.3, 0.4) is 0 Å². The molecule has 2 amide bonds. The van der Waals surface area contributed by atoms with Crippen LogP contribution in [0.2, 0.25) is 0 Å². The topological polar surface area (TPSA) is 58.6 Å². The van der Waals surface area contributed by atoms with Crippen LogP contribution in [0.4, 0.5) is 5.69 Å². The zero-order valence-corrected chi connectivity index (χ0v) is 18.0. The number of benzene rings is 2. The third-order valence-electron chi connectivity index (χ3n) is 7.39. The number of piperidine rings is 1. The van der Waals surface area contributed by atoms with Gasteiger partial charge >= 0.3 is 0 Å². The van der Waals surface area contributed by atoms with Gasteiger partial charge < -0.3 is 15.0 Å². The molecule has 0 bridgehead atoms. The predicted octanol–water partition coefficient (Wildman–Crippen LogP) is 4.92. The Balaban J connectivity index is 1.40. The van der Waals surface area contributed by atoms with Gasteiger partial charge in [0.25, 0.3) is 0 Å². The van der Waals surface area contributed by atoms with Crippen molar-refractivity contribution >= 4 is 28.3 Å². The third kappa shape index (κ3) is 3.31. The first kappa shape index (κ1) is 20.1. The van der Waals surface area contributed by atoms with Crippen molar-refractivity contribution in [2.45, 2.75) is 44.9 Å². The summed E-state index contributed by atoms with van der Waals surface area (Å²) in [6, 6.07) is 11.7. The molecule has 31 heavy (non-hydrogen) atoms. The lowest BCUT2D eigenvalue weighted by Gasteiger charge is -2.34. The number of nitrogens with one attached hydrogen (secondary N) is 1. The van der Waals surface area contributed by atoms with Gasteiger partial charge in [0, 0.05) is 29.5 Å². The maximum absolute atomic E-state index is 13.5. The second-order valence-corrected chi connectivity index (χ2v) is 9.23. The molecule has 5 rings (SSSR count). The number of hydrogen-bond donors (Lipinski definition) is 1. The van der Waals surface area contributed by atoms with E-state index in [0.717, 1.165) is 73.8 Å². The van der Waals surface area contributed by atoms with Gasteiger partial charge in [-0.3, -0.25) is 9.59 Å². The van der Waals surface area contributed by atoms with E-state index in [1.807, 2.05) is 41.3 Å². The van der Waals surface area contributed by atoms with Gasteiger partial charge in [-0.05, 0) is 57.1 Å². The van der Waals surface area contributed by atoms with Crippen molar-refractivity contribution in [3.8, 4) is 5.75 Å². The lowest BCUT2D eigenvalue weighted by Crippen LogP contribution is -2.47. The van der Waals surface area contributed by atoms with Gasteiger partial charge in [-0.1, -0.05) is 36.9 Å². The van der Waals surface area contributed by atoms with Crippen molar-refractivity contribution in [2.24, 2.45) is 10.8 Å². The molecule has 0 radical (unpaired) electrons. The highest BCUT2D eigenvalue weighted by atomic mass is 16.5. The maximum atomic E-state index is 13.5. The van der Waals surface area contributed by atoms with E-state index in [2.05, 4.69) is 11.9 Å². The first-order chi connectivity index (χ1) is 15.1. The van der Waals surface area contributed by atoms with E-state index < -0.39 is 10.8 Å². The molecule has 1 aliphatic heterocycles. The number of carbonyl (C=O) groups is 2. The van der Waals surface area contributed by atoms with Crippen LogP contribution in [-0.2, 0) is 9.59 Å². The molecule has 5 heteroatoms. The highest BCUT2D eigenvalue weighted by Gasteiger charge is 2.73. The molecular weight excluding hydrogens is 388 g/mol. The van der Waals surface area contributed by atoms with E-state index in [1.165, 1.54) is 6.42 Å². The number of fused-ring (bicyclic) bond motifs is 1. The van der Waals surface area contributed by atoms with Crippen LogP contribution in [0, 0.1) is 10.8 Å². The zero-order valence-electron chi connectivity index (χ0n) is 18.0. The Bertz CT molecular complexity index is 1030. The summed E-state index contributed by atoms with van der Waals surface area (Å²) in [5, 5.41) is 5.09.